The van der Waals surface area contributed by atoms with Crippen LogP contribution in [0.15, 0.2) is 12.5 Å². The lowest BCUT2D eigenvalue weighted by atomic mass is 10.1. The van der Waals surface area contributed by atoms with Crippen LogP contribution in [0.2, 0.25) is 0 Å². The fourth-order valence-corrected chi connectivity index (χ4v) is 3.88. The van der Waals surface area contributed by atoms with Gasteiger partial charge in [-0.05, 0) is 12.8 Å². The number of hydrogen-bond acceptors (Lipinski definition) is 10. The first-order chi connectivity index (χ1) is 21.3. The van der Waals surface area contributed by atoms with Crippen molar-refractivity contribution in [3.8, 4) is 0 Å². The molecule has 1 aromatic heterocycles. The summed E-state index contributed by atoms with van der Waals surface area (Å²) in [6, 6.07) is -3.82. The molecule has 1 aromatic rings. The monoisotopic (exact) mass is 635 g/mol. The van der Waals surface area contributed by atoms with E-state index < -0.39 is 97.5 Å². The van der Waals surface area contributed by atoms with Crippen molar-refractivity contribution in [2.45, 2.75) is 50.7 Å². The number of imidazole rings is 1. The van der Waals surface area contributed by atoms with Crippen molar-refractivity contribution < 1.29 is 43.2 Å². The third-order valence-corrected chi connectivity index (χ3v) is 6.13. The fourth-order valence-electron chi connectivity index (χ4n) is 3.88. The first kappa shape index (κ1) is 35.6. The van der Waals surface area contributed by atoms with E-state index in [4.69, 9.17) is 5.73 Å². The van der Waals surface area contributed by atoms with E-state index in [-0.39, 0.29) is 32.2 Å². The molecule has 1 aliphatic rings. The second kappa shape index (κ2) is 18.2. The minimum atomic E-state index is -1.33. The van der Waals surface area contributed by atoms with E-state index in [1.165, 1.54) is 19.4 Å². The third-order valence-electron chi connectivity index (χ3n) is 6.13. The van der Waals surface area contributed by atoms with Gasteiger partial charge in [0.2, 0.25) is 53.2 Å². The Balaban J connectivity index is 2.26. The summed E-state index contributed by atoms with van der Waals surface area (Å²) >= 11 is 0. The molecule has 0 spiro atoms. The average Bonchev–Trinajstić information content (AvgIpc) is 3.50. The molecule has 0 aliphatic carbocycles. The Morgan fingerprint density at radius 3 is 2.29 bits per heavy atom. The quantitative estimate of drug-likeness (QED) is 0.129. The summed E-state index contributed by atoms with van der Waals surface area (Å²) in [5.74, 6) is -6.59. The lowest BCUT2D eigenvalue weighted by Crippen LogP contribution is -2.56. The third kappa shape index (κ3) is 14.0. The smallest absolute Gasteiger partial charge is 0.243 e. The summed E-state index contributed by atoms with van der Waals surface area (Å²) < 4.78 is 0. The Kier molecular flexibility index (Phi) is 14.4. The zero-order valence-corrected chi connectivity index (χ0v) is 24.4. The van der Waals surface area contributed by atoms with Gasteiger partial charge in [-0.3, -0.25) is 43.2 Å². The van der Waals surface area contributed by atoms with Gasteiger partial charge in [-0.1, -0.05) is 0 Å². The molecule has 246 valence electrons. The minimum absolute atomic E-state index is 0.0894. The van der Waals surface area contributed by atoms with Gasteiger partial charge in [0.25, 0.3) is 0 Å². The van der Waals surface area contributed by atoms with E-state index >= 15 is 0 Å². The SMILES string of the molecule is CC(=O)NCC(=O)N[C@H]1CCC(=O)NCC[C@@H](C(=O)NCC(N)=O)NC(=O)CNC(=O)CNC(=O)[C@H](Cc2cnc[nH]2)NC1=O. The van der Waals surface area contributed by atoms with E-state index in [9.17, 15) is 43.2 Å². The van der Waals surface area contributed by atoms with Crippen molar-refractivity contribution >= 4 is 53.2 Å². The van der Waals surface area contributed by atoms with Crippen LogP contribution in [-0.2, 0) is 49.6 Å². The number of H-pyrrole nitrogens is 1. The Morgan fingerprint density at radius 2 is 1.62 bits per heavy atom. The maximum absolute atomic E-state index is 13.3. The van der Waals surface area contributed by atoms with Gasteiger partial charge in [0.15, 0.2) is 0 Å². The van der Waals surface area contributed by atoms with Gasteiger partial charge in [0, 0.05) is 38.2 Å². The van der Waals surface area contributed by atoms with Crippen molar-refractivity contribution in [1.82, 2.24) is 52.5 Å². The normalized spacial score (nSPS) is 20.7. The molecule has 1 saturated heterocycles. The van der Waals surface area contributed by atoms with Gasteiger partial charge < -0.3 is 53.3 Å². The van der Waals surface area contributed by atoms with Gasteiger partial charge in [-0.2, -0.15) is 0 Å². The highest BCUT2D eigenvalue weighted by atomic mass is 16.2. The van der Waals surface area contributed by atoms with Crippen LogP contribution in [-0.4, -0.2) is 114 Å². The molecule has 0 unspecified atom stereocenters. The topological polar surface area (TPSA) is 305 Å². The number of primary amides is 1. The molecule has 20 heteroatoms. The number of nitrogens with two attached hydrogens (primary N) is 1. The molecule has 3 atom stereocenters. The molecule has 0 saturated carbocycles. The van der Waals surface area contributed by atoms with Crippen LogP contribution in [0.25, 0.3) is 0 Å². The number of amides is 9. The van der Waals surface area contributed by atoms with Gasteiger partial charge in [-0.25, -0.2) is 4.98 Å². The highest BCUT2D eigenvalue weighted by Gasteiger charge is 2.29. The number of aromatic amines is 1. The lowest BCUT2D eigenvalue weighted by Gasteiger charge is -2.23. The molecular weight excluding hydrogens is 598 g/mol. The Bertz CT molecular complexity index is 1270. The fraction of sp³-hybridized carbons (Fsp3) is 0.520. The average molecular weight is 636 g/mol. The van der Waals surface area contributed by atoms with Crippen LogP contribution in [0, 0.1) is 0 Å². The molecular formula is C25H37N11O9. The molecule has 2 heterocycles. The van der Waals surface area contributed by atoms with E-state index in [2.05, 4.69) is 52.5 Å². The summed E-state index contributed by atoms with van der Waals surface area (Å²) in [4.78, 5) is 118. The van der Waals surface area contributed by atoms with Crippen LogP contribution in [0.5, 0.6) is 0 Å². The molecule has 45 heavy (non-hydrogen) atoms. The molecule has 9 amide bonds. The Hall–Kier alpha value is -5.56. The van der Waals surface area contributed by atoms with E-state index in [0.717, 1.165) is 0 Å². The van der Waals surface area contributed by atoms with Gasteiger partial charge in [0.1, 0.15) is 18.1 Å². The van der Waals surface area contributed by atoms with Crippen LogP contribution in [0.3, 0.4) is 0 Å². The molecule has 1 fully saturated rings. The van der Waals surface area contributed by atoms with E-state index in [0.29, 0.717) is 5.69 Å². The Labute approximate surface area is 256 Å². The summed E-state index contributed by atoms with van der Waals surface area (Å²) in [5.41, 5.74) is 5.50. The predicted molar refractivity (Wildman–Crippen MR) is 152 cm³/mol. The highest BCUT2D eigenvalue weighted by Crippen LogP contribution is 2.04. The van der Waals surface area contributed by atoms with Crippen LogP contribution >= 0.6 is 0 Å². The van der Waals surface area contributed by atoms with Crippen molar-refractivity contribution in [2.24, 2.45) is 5.73 Å². The van der Waals surface area contributed by atoms with Crippen molar-refractivity contribution in [3.05, 3.63) is 18.2 Å². The largest absolute Gasteiger partial charge is 0.368 e. The molecule has 1 aliphatic heterocycles. The molecule has 20 nitrogen and oxygen atoms in total. The lowest BCUT2D eigenvalue weighted by molar-refractivity contribution is -0.133. The highest BCUT2D eigenvalue weighted by molar-refractivity contribution is 5.95. The van der Waals surface area contributed by atoms with Crippen LogP contribution in [0.1, 0.15) is 31.9 Å². The van der Waals surface area contributed by atoms with E-state index in [1.54, 1.807) is 0 Å². The maximum atomic E-state index is 13.3. The number of carbonyl (C=O) groups excluding carboxylic acids is 9. The number of nitrogens with one attached hydrogen (secondary N) is 9. The first-order valence-corrected chi connectivity index (χ1v) is 13.8. The second-order valence-corrected chi connectivity index (χ2v) is 9.85. The summed E-state index contributed by atoms with van der Waals surface area (Å²) in [6.07, 6.45) is 2.03. The second-order valence-electron chi connectivity index (χ2n) is 9.85. The number of carbonyl (C=O) groups is 9. The summed E-state index contributed by atoms with van der Waals surface area (Å²) in [7, 11) is 0. The number of aromatic nitrogens is 2. The van der Waals surface area contributed by atoms with Crippen LogP contribution in [0.4, 0.5) is 0 Å². The molecule has 0 radical (unpaired) electrons. The van der Waals surface area contributed by atoms with Gasteiger partial charge in [0.05, 0.1) is 32.5 Å². The van der Waals surface area contributed by atoms with Crippen molar-refractivity contribution in [2.75, 3.05) is 32.7 Å². The number of hydrogen-bond donors (Lipinski definition) is 10. The Morgan fingerprint density at radius 1 is 0.889 bits per heavy atom. The number of rotatable bonds is 8. The van der Waals surface area contributed by atoms with E-state index in [1.807, 2.05) is 0 Å². The van der Waals surface area contributed by atoms with Crippen LogP contribution < -0.4 is 48.3 Å². The standard InChI is InChI=1S/C25H37N11O9/c1-13(37)29-10-21(41)34-15-2-3-19(39)28-5-4-16(23(43)31-8-18(26)38)35-22(42)11-30-20(40)9-32-24(44)17(36-25(15)45)6-14-7-27-12-33-14/h7,12,15-17H,2-6,8-11H2,1H3,(H2,26,38)(H,27,33)(H,28,39)(H,29,37)(H,30,40)(H,31,43)(H,32,44)(H,34,41)(H,35,42)(H,36,45)/t15-,16-,17-/m0/s1. The minimum Gasteiger partial charge on any atom is -0.368 e. The molecule has 11 N–H and O–H groups in total. The van der Waals surface area contributed by atoms with Crippen molar-refractivity contribution in [1.29, 1.82) is 0 Å². The van der Waals surface area contributed by atoms with Gasteiger partial charge in [-0.15, -0.1) is 0 Å². The molecule has 2 rings (SSSR count). The molecule has 0 bridgehead atoms. The maximum Gasteiger partial charge on any atom is 0.243 e. The summed E-state index contributed by atoms with van der Waals surface area (Å²) in [6.45, 7) is -1.06. The predicted octanol–water partition coefficient (Wildman–Crippen LogP) is -6.32. The zero-order chi connectivity index (χ0) is 33.4. The van der Waals surface area contributed by atoms with Crippen molar-refractivity contribution in [3.63, 3.8) is 0 Å². The molecule has 0 aromatic carbocycles. The van der Waals surface area contributed by atoms with Gasteiger partial charge >= 0.3 is 0 Å². The zero-order valence-electron chi connectivity index (χ0n) is 24.4. The first-order valence-electron chi connectivity index (χ1n) is 13.8. The summed E-state index contributed by atoms with van der Waals surface area (Å²) in [5, 5.41) is 19.0. The number of nitrogens with zero attached hydrogens (tertiary/aromatic N) is 1.